The van der Waals surface area contributed by atoms with Crippen molar-refractivity contribution in [2.45, 2.75) is 63.0 Å². The van der Waals surface area contributed by atoms with Crippen molar-refractivity contribution >= 4 is 16.7 Å². The van der Waals surface area contributed by atoms with Crippen LogP contribution in [0.15, 0.2) is 24.3 Å². The zero-order chi connectivity index (χ0) is 15.2. The number of amides is 1. The average molecular weight is 307 g/mol. The lowest BCUT2D eigenvalue weighted by atomic mass is 9.95. The summed E-state index contributed by atoms with van der Waals surface area (Å²) in [6.45, 7) is 3.78. The van der Waals surface area contributed by atoms with Crippen LogP contribution in [0.4, 0.5) is 0 Å². The van der Waals surface area contributed by atoms with E-state index in [9.17, 15) is 9.00 Å². The third-order valence-electron chi connectivity index (χ3n) is 4.27. The van der Waals surface area contributed by atoms with E-state index in [2.05, 4.69) is 5.32 Å². The van der Waals surface area contributed by atoms with Crippen molar-refractivity contribution in [3.05, 3.63) is 35.4 Å². The first-order valence-corrected chi connectivity index (χ1v) is 9.18. The number of nitrogens with one attached hydrogen (secondary N) is 1. The lowest BCUT2D eigenvalue weighted by Crippen LogP contribution is -2.42. The van der Waals surface area contributed by atoms with Gasteiger partial charge < -0.3 is 5.32 Å². The molecule has 1 saturated carbocycles. The Morgan fingerprint density at radius 1 is 1.29 bits per heavy atom. The molecule has 0 radical (unpaired) electrons. The Bertz CT molecular complexity index is 509. The van der Waals surface area contributed by atoms with Crippen molar-refractivity contribution in [3.63, 3.8) is 0 Å². The molecule has 0 heterocycles. The van der Waals surface area contributed by atoms with Crippen LogP contribution in [0.1, 0.15) is 50.2 Å². The Morgan fingerprint density at radius 3 is 2.62 bits per heavy atom. The zero-order valence-electron chi connectivity index (χ0n) is 12.9. The maximum atomic E-state index is 12.4. The summed E-state index contributed by atoms with van der Waals surface area (Å²) < 4.78 is 12.4. The number of rotatable bonds is 5. The average Bonchev–Trinajstić information content (AvgIpc) is 2.49. The number of carbonyl (C=O) groups excluding carboxylic acids is 1. The van der Waals surface area contributed by atoms with Gasteiger partial charge in [-0.05, 0) is 37.8 Å². The summed E-state index contributed by atoms with van der Waals surface area (Å²) in [4.78, 5) is 12.2. The van der Waals surface area contributed by atoms with E-state index in [1.54, 1.807) is 6.92 Å². The number of aryl methyl sites for hydroxylation is 1. The standard InChI is InChI=1S/C17H25NO2S/c1-13-8-6-7-9-15(13)12-21(20)14(2)17(19)18-16-10-4-3-5-11-16/h6-9,14,16H,3-5,10-12H2,1-2H3,(H,18,19)/t14-,21+/m0/s1. The van der Waals surface area contributed by atoms with Crippen molar-refractivity contribution in [2.75, 3.05) is 0 Å². The van der Waals surface area contributed by atoms with Crippen molar-refractivity contribution in [3.8, 4) is 0 Å². The van der Waals surface area contributed by atoms with Crippen LogP contribution in [0.5, 0.6) is 0 Å². The van der Waals surface area contributed by atoms with Crippen molar-refractivity contribution in [2.24, 2.45) is 0 Å². The lowest BCUT2D eigenvalue weighted by molar-refractivity contribution is -0.121. The minimum atomic E-state index is -1.17. The third kappa shape index (κ3) is 4.67. The van der Waals surface area contributed by atoms with Gasteiger partial charge in [0.05, 0.1) is 0 Å². The van der Waals surface area contributed by atoms with Gasteiger partial charge in [0.15, 0.2) is 0 Å². The molecule has 116 valence electrons. The molecule has 0 bridgehead atoms. The second-order valence-electron chi connectivity index (χ2n) is 5.94. The maximum Gasteiger partial charge on any atom is 0.235 e. The molecule has 4 heteroatoms. The van der Waals surface area contributed by atoms with E-state index in [0.29, 0.717) is 5.75 Å². The Labute approximate surface area is 130 Å². The highest BCUT2D eigenvalue weighted by molar-refractivity contribution is 7.85. The molecule has 0 aliphatic heterocycles. The number of hydrogen-bond acceptors (Lipinski definition) is 2. The third-order valence-corrected chi connectivity index (χ3v) is 5.87. The highest BCUT2D eigenvalue weighted by Crippen LogP contribution is 2.18. The van der Waals surface area contributed by atoms with Crippen LogP contribution in [0.2, 0.25) is 0 Å². The van der Waals surface area contributed by atoms with Gasteiger partial charge in [-0.25, -0.2) is 0 Å². The van der Waals surface area contributed by atoms with Crippen LogP contribution in [0, 0.1) is 6.92 Å². The normalized spacial score (nSPS) is 19.0. The quantitative estimate of drug-likeness (QED) is 0.908. The Balaban J connectivity index is 1.89. The summed E-state index contributed by atoms with van der Waals surface area (Å²) in [6, 6.07) is 8.20. The molecular weight excluding hydrogens is 282 g/mol. The summed E-state index contributed by atoms with van der Waals surface area (Å²) in [5.74, 6) is 0.389. The second kappa shape index (κ2) is 7.74. The highest BCUT2D eigenvalue weighted by Gasteiger charge is 2.23. The molecule has 2 atom stereocenters. The summed E-state index contributed by atoms with van der Waals surface area (Å²) >= 11 is 0. The summed E-state index contributed by atoms with van der Waals surface area (Å²) in [7, 11) is -1.17. The van der Waals surface area contributed by atoms with E-state index in [1.807, 2.05) is 31.2 Å². The fraction of sp³-hybridized carbons (Fsp3) is 0.588. The molecule has 1 fully saturated rings. The molecule has 1 aliphatic rings. The van der Waals surface area contributed by atoms with Gasteiger partial charge in [0, 0.05) is 22.6 Å². The zero-order valence-corrected chi connectivity index (χ0v) is 13.7. The number of hydrogen-bond donors (Lipinski definition) is 1. The van der Waals surface area contributed by atoms with Crippen LogP contribution in [0.3, 0.4) is 0 Å². The smallest absolute Gasteiger partial charge is 0.235 e. The molecule has 0 aromatic heterocycles. The number of benzene rings is 1. The molecule has 2 rings (SSSR count). The summed E-state index contributed by atoms with van der Waals surface area (Å²) in [6.07, 6.45) is 5.75. The molecule has 0 spiro atoms. The predicted octanol–water partition coefficient (Wildman–Crippen LogP) is 3.08. The molecule has 1 aromatic rings. The predicted molar refractivity (Wildman–Crippen MR) is 87.5 cm³/mol. The Hall–Kier alpha value is -1.16. The van der Waals surface area contributed by atoms with Gasteiger partial charge in [-0.1, -0.05) is 43.5 Å². The van der Waals surface area contributed by atoms with E-state index < -0.39 is 16.0 Å². The summed E-state index contributed by atoms with van der Waals surface area (Å²) in [5.41, 5.74) is 2.19. The molecule has 1 aliphatic carbocycles. The first-order valence-electron chi connectivity index (χ1n) is 7.80. The SMILES string of the molecule is Cc1ccccc1C[S@@](=O)[C@@H](C)C(=O)NC1CCCCC1. The fourth-order valence-electron chi connectivity index (χ4n) is 2.74. The van der Waals surface area contributed by atoms with Crippen LogP contribution < -0.4 is 5.32 Å². The molecule has 0 unspecified atom stereocenters. The molecule has 21 heavy (non-hydrogen) atoms. The van der Waals surface area contributed by atoms with Gasteiger partial charge in [-0.15, -0.1) is 0 Å². The van der Waals surface area contributed by atoms with Crippen LogP contribution in [-0.4, -0.2) is 21.4 Å². The van der Waals surface area contributed by atoms with Gasteiger partial charge in [-0.3, -0.25) is 9.00 Å². The first kappa shape index (κ1) is 16.2. The Morgan fingerprint density at radius 2 is 1.95 bits per heavy atom. The van der Waals surface area contributed by atoms with Gasteiger partial charge in [0.25, 0.3) is 0 Å². The van der Waals surface area contributed by atoms with Gasteiger partial charge in [0.1, 0.15) is 5.25 Å². The first-order chi connectivity index (χ1) is 10.1. The van der Waals surface area contributed by atoms with Crippen LogP contribution in [-0.2, 0) is 21.3 Å². The Kier molecular flexibility index (Phi) is 5.97. The molecule has 1 aromatic carbocycles. The van der Waals surface area contributed by atoms with Gasteiger partial charge in [0.2, 0.25) is 5.91 Å². The molecule has 1 N–H and O–H groups in total. The topological polar surface area (TPSA) is 46.2 Å². The van der Waals surface area contributed by atoms with E-state index in [4.69, 9.17) is 0 Å². The van der Waals surface area contributed by atoms with Crippen molar-refractivity contribution in [1.29, 1.82) is 0 Å². The van der Waals surface area contributed by atoms with Crippen molar-refractivity contribution in [1.82, 2.24) is 5.32 Å². The van der Waals surface area contributed by atoms with Crippen LogP contribution in [0.25, 0.3) is 0 Å². The minimum Gasteiger partial charge on any atom is -0.352 e. The van der Waals surface area contributed by atoms with E-state index >= 15 is 0 Å². The fourth-order valence-corrected chi connectivity index (χ4v) is 3.92. The van der Waals surface area contributed by atoms with E-state index in [0.717, 1.165) is 24.0 Å². The lowest BCUT2D eigenvalue weighted by Gasteiger charge is -2.24. The highest BCUT2D eigenvalue weighted by atomic mass is 32.2. The maximum absolute atomic E-state index is 12.4. The van der Waals surface area contributed by atoms with Crippen molar-refractivity contribution < 1.29 is 9.00 Å². The van der Waals surface area contributed by atoms with Gasteiger partial charge >= 0.3 is 0 Å². The van der Waals surface area contributed by atoms with Gasteiger partial charge in [-0.2, -0.15) is 0 Å². The molecule has 0 saturated heterocycles. The van der Waals surface area contributed by atoms with Crippen LogP contribution >= 0.6 is 0 Å². The van der Waals surface area contributed by atoms with E-state index in [1.165, 1.54) is 19.3 Å². The second-order valence-corrected chi connectivity index (χ2v) is 7.69. The molecule has 1 amide bonds. The minimum absolute atomic E-state index is 0.0613. The molecule has 3 nitrogen and oxygen atoms in total. The van der Waals surface area contributed by atoms with E-state index in [-0.39, 0.29) is 11.9 Å². The number of carbonyl (C=O) groups is 1. The monoisotopic (exact) mass is 307 g/mol. The summed E-state index contributed by atoms with van der Waals surface area (Å²) in [5, 5.41) is 2.62. The largest absolute Gasteiger partial charge is 0.352 e. The molecular formula is C17H25NO2S.